The highest BCUT2D eigenvalue weighted by molar-refractivity contribution is 6.76. The van der Waals surface area contributed by atoms with E-state index in [0.717, 1.165) is 23.7 Å². The van der Waals surface area contributed by atoms with Gasteiger partial charge in [0.05, 0.1) is 30.0 Å². The molecule has 0 N–H and O–H groups in total. The fraction of sp³-hybridized carbons (Fsp3) is 0.500. The molecule has 1 saturated carbocycles. The second-order valence-corrected chi connectivity index (χ2v) is 14.3. The van der Waals surface area contributed by atoms with Crippen molar-refractivity contribution in [1.29, 1.82) is 0 Å². The lowest BCUT2D eigenvalue weighted by atomic mass is 10.1. The number of methoxy groups -OCH3 is 1. The van der Waals surface area contributed by atoms with Crippen LogP contribution in [0.1, 0.15) is 18.5 Å². The fourth-order valence-corrected chi connectivity index (χ4v) is 3.92. The van der Waals surface area contributed by atoms with E-state index in [0.29, 0.717) is 36.7 Å². The minimum Gasteiger partial charge on any atom is -0.480 e. The smallest absolute Gasteiger partial charge is 0.227 e. The van der Waals surface area contributed by atoms with Crippen LogP contribution in [-0.4, -0.2) is 46.3 Å². The standard InChI is InChI=1S/C20H26FN5O2Si/c1-27-19-16(17(23-12-24-19)20(21)6-7-20)18-22-11-15-14(25-18)5-8-26(15)13-28-9-10-29(2,3)4/h5,8,11-12H,6-7,9-10,13H2,1-4H3. The molecule has 3 aromatic rings. The van der Waals surface area contributed by atoms with E-state index in [-0.39, 0.29) is 5.88 Å². The molecule has 0 aliphatic heterocycles. The average Bonchev–Trinajstić information content (AvgIpc) is 3.32. The predicted molar refractivity (Wildman–Crippen MR) is 111 cm³/mol. The molecule has 0 unspecified atom stereocenters. The van der Waals surface area contributed by atoms with E-state index in [1.165, 1.54) is 13.4 Å². The Balaban J connectivity index is 1.61. The van der Waals surface area contributed by atoms with Gasteiger partial charge in [-0.1, -0.05) is 19.6 Å². The number of rotatable bonds is 8. The zero-order valence-electron chi connectivity index (χ0n) is 17.3. The van der Waals surface area contributed by atoms with Gasteiger partial charge in [0, 0.05) is 20.9 Å². The lowest BCUT2D eigenvalue weighted by molar-refractivity contribution is 0.0902. The molecule has 3 heterocycles. The number of aromatic nitrogens is 5. The third-order valence-electron chi connectivity index (χ3n) is 5.09. The molecule has 0 bridgehead atoms. The molecule has 7 nitrogen and oxygen atoms in total. The molecule has 0 aromatic carbocycles. The van der Waals surface area contributed by atoms with Crippen LogP contribution in [0.15, 0.2) is 24.8 Å². The Kier molecular flexibility index (Phi) is 5.12. The summed E-state index contributed by atoms with van der Waals surface area (Å²) in [4.78, 5) is 17.4. The molecule has 0 radical (unpaired) electrons. The topological polar surface area (TPSA) is 75.0 Å². The minimum atomic E-state index is -1.44. The first-order valence-corrected chi connectivity index (χ1v) is 13.5. The van der Waals surface area contributed by atoms with Crippen LogP contribution in [0.2, 0.25) is 25.7 Å². The van der Waals surface area contributed by atoms with E-state index in [1.54, 1.807) is 6.20 Å². The molecule has 29 heavy (non-hydrogen) atoms. The van der Waals surface area contributed by atoms with Crippen molar-refractivity contribution in [2.45, 2.75) is 50.9 Å². The molecule has 0 spiro atoms. The first-order chi connectivity index (χ1) is 13.8. The fourth-order valence-electron chi connectivity index (χ4n) is 3.16. The molecule has 1 fully saturated rings. The summed E-state index contributed by atoms with van der Waals surface area (Å²) in [6.45, 7) is 8.18. The maximum Gasteiger partial charge on any atom is 0.227 e. The SMILES string of the molecule is COc1ncnc(C2(F)CC2)c1-c1ncc2c(ccn2COCC[Si](C)(C)C)n1. The quantitative estimate of drug-likeness (QED) is 0.406. The number of nitrogens with zero attached hydrogens (tertiary/aromatic N) is 5. The van der Waals surface area contributed by atoms with Gasteiger partial charge in [-0.3, -0.25) is 0 Å². The molecule has 9 heteroatoms. The summed E-state index contributed by atoms with van der Waals surface area (Å²) in [6.07, 6.45) is 5.85. The highest BCUT2D eigenvalue weighted by atomic mass is 28.3. The van der Waals surface area contributed by atoms with Crippen LogP contribution in [-0.2, 0) is 17.1 Å². The van der Waals surface area contributed by atoms with Gasteiger partial charge in [-0.05, 0) is 25.0 Å². The summed E-state index contributed by atoms with van der Waals surface area (Å²) < 4.78 is 28.0. The summed E-state index contributed by atoms with van der Waals surface area (Å²) in [5, 5.41) is 0. The van der Waals surface area contributed by atoms with Gasteiger partial charge < -0.3 is 14.0 Å². The molecule has 3 aromatic heterocycles. The lowest BCUT2D eigenvalue weighted by Crippen LogP contribution is -2.21. The Morgan fingerprint density at radius 1 is 1.21 bits per heavy atom. The Labute approximate surface area is 170 Å². The van der Waals surface area contributed by atoms with Crippen molar-refractivity contribution < 1.29 is 13.9 Å². The van der Waals surface area contributed by atoms with Crippen molar-refractivity contribution in [3.05, 3.63) is 30.5 Å². The first-order valence-electron chi connectivity index (χ1n) is 9.79. The van der Waals surface area contributed by atoms with Crippen molar-refractivity contribution in [2.24, 2.45) is 0 Å². The predicted octanol–water partition coefficient (Wildman–Crippen LogP) is 4.17. The first kappa shape index (κ1) is 19.9. The van der Waals surface area contributed by atoms with E-state index < -0.39 is 13.7 Å². The summed E-state index contributed by atoms with van der Waals surface area (Å²) in [5.41, 5.74) is 0.902. The third kappa shape index (κ3) is 4.15. The molecule has 1 aliphatic carbocycles. The molecule has 0 amide bonds. The molecule has 0 atom stereocenters. The van der Waals surface area contributed by atoms with E-state index in [4.69, 9.17) is 9.47 Å². The summed E-state index contributed by atoms with van der Waals surface area (Å²) in [6, 6.07) is 3.02. The second-order valence-electron chi connectivity index (χ2n) is 8.67. The van der Waals surface area contributed by atoms with Crippen LogP contribution in [0.4, 0.5) is 4.39 Å². The van der Waals surface area contributed by atoms with Gasteiger partial charge in [-0.15, -0.1) is 0 Å². The summed E-state index contributed by atoms with van der Waals surface area (Å²) in [7, 11) is 0.384. The summed E-state index contributed by atoms with van der Waals surface area (Å²) in [5.74, 6) is 0.652. The molecule has 154 valence electrons. The van der Waals surface area contributed by atoms with Gasteiger partial charge in [0.25, 0.3) is 0 Å². The minimum absolute atomic E-state index is 0.285. The maximum absolute atomic E-state index is 14.9. The van der Waals surface area contributed by atoms with Crippen LogP contribution in [0.25, 0.3) is 22.4 Å². The normalized spacial score (nSPS) is 15.6. The van der Waals surface area contributed by atoms with Gasteiger partial charge in [0.1, 0.15) is 18.6 Å². The van der Waals surface area contributed by atoms with Gasteiger partial charge >= 0.3 is 0 Å². The van der Waals surface area contributed by atoms with Gasteiger partial charge in [-0.25, -0.2) is 24.3 Å². The zero-order valence-corrected chi connectivity index (χ0v) is 18.3. The maximum atomic E-state index is 14.9. The van der Waals surface area contributed by atoms with Gasteiger partial charge in [0.15, 0.2) is 11.5 Å². The largest absolute Gasteiger partial charge is 0.480 e. The molecule has 4 rings (SSSR count). The molecular weight excluding hydrogens is 389 g/mol. The van der Waals surface area contributed by atoms with Gasteiger partial charge in [0.2, 0.25) is 5.88 Å². The molecular formula is C20H26FN5O2Si. The van der Waals surface area contributed by atoms with E-state index in [1.807, 2.05) is 16.8 Å². The van der Waals surface area contributed by atoms with Crippen molar-refractivity contribution in [3.8, 4) is 17.3 Å². The van der Waals surface area contributed by atoms with Crippen LogP contribution >= 0.6 is 0 Å². The van der Waals surface area contributed by atoms with Gasteiger partial charge in [-0.2, -0.15) is 0 Å². The van der Waals surface area contributed by atoms with Crippen LogP contribution in [0, 0.1) is 0 Å². The molecule has 0 saturated heterocycles. The van der Waals surface area contributed by atoms with Crippen LogP contribution < -0.4 is 4.74 Å². The van der Waals surface area contributed by atoms with Crippen molar-refractivity contribution in [1.82, 2.24) is 24.5 Å². The van der Waals surface area contributed by atoms with Crippen LogP contribution in [0.5, 0.6) is 5.88 Å². The number of ether oxygens (including phenoxy) is 2. The highest BCUT2D eigenvalue weighted by Gasteiger charge is 2.49. The Morgan fingerprint density at radius 3 is 2.69 bits per heavy atom. The van der Waals surface area contributed by atoms with Crippen molar-refractivity contribution in [2.75, 3.05) is 13.7 Å². The van der Waals surface area contributed by atoms with Crippen molar-refractivity contribution >= 4 is 19.1 Å². The zero-order chi connectivity index (χ0) is 20.6. The number of halogens is 1. The summed E-state index contributed by atoms with van der Waals surface area (Å²) >= 11 is 0. The average molecular weight is 416 g/mol. The van der Waals surface area contributed by atoms with E-state index in [9.17, 15) is 4.39 Å². The Hall–Kier alpha value is -2.39. The van der Waals surface area contributed by atoms with Crippen LogP contribution in [0.3, 0.4) is 0 Å². The number of alkyl halides is 1. The number of hydrogen-bond acceptors (Lipinski definition) is 6. The Morgan fingerprint density at radius 2 is 2.00 bits per heavy atom. The van der Waals surface area contributed by atoms with E-state index >= 15 is 0 Å². The monoisotopic (exact) mass is 415 g/mol. The third-order valence-corrected chi connectivity index (χ3v) is 6.79. The molecule has 1 aliphatic rings. The number of fused-ring (bicyclic) bond motifs is 1. The Bertz CT molecular complexity index is 1030. The lowest BCUT2D eigenvalue weighted by Gasteiger charge is -2.16. The second kappa shape index (κ2) is 7.45. The number of hydrogen-bond donors (Lipinski definition) is 0. The highest BCUT2D eigenvalue weighted by Crippen LogP contribution is 2.52. The van der Waals surface area contributed by atoms with E-state index in [2.05, 4.69) is 39.6 Å². The van der Waals surface area contributed by atoms with Crippen molar-refractivity contribution in [3.63, 3.8) is 0 Å².